The van der Waals surface area contributed by atoms with E-state index in [4.69, 9.17) is 21.7 Å². The van der Waals surface area contributed by atoms with E-state index in [-0.39, 0.29) is 0 Å². The van der Waals surface area contributed by atoms with Crippen molar-refractivity contribution in [3.8, 4) is 11.5 Å². The first-order valence-electron chi connectivity index (χ1n) is 7.28. The second-order valence-corrected chi connectivity index (χ2v) is 5.29. The molecule has 6 nitrogen and oxygen atoms in total. The van der Waals surface area contributed by atoms with Gasteiger partial charge in [0.2, 0.25) is 4.77 Å². The number of nitrogens with one attached hydrogen (secondary N) is 1. The number of ether oxygens (including phenoxy) is 2. The molecule has 0 aliphatic carbocycles. The zero-order chi connectivity index (χ0) is 16.8. The normalized spacial score (nSPS) is 10.9. The molecule has 0 atom stereocenters. The van der Waals surface area contributed by atoms with Crippen molar-refractivity contribution in [3.05, 3.63) is 70.8 Å². The molecule has 0 amide bonds. The van der Waals surface area contributed by atoms with Crippen molar-refractivity contribution in [2.24, 2.45) is 5.10 Å². The van der Waals surface area contributed by atoms with Gasteiger partial charge in [0.05, 0.1) is 13.3 Å². The molecule has 3 rings (SSSR count). The number of nitrogens with zero attached hydrogens (tertiary/aromatic N) is 3. The molecule has 0 saturated heterocycles. The Morgan fingerprint density at radius 3 is 2.75 bits per heavy atom. The zero-order valence-electron chi connectivity index (χ0n) is 13.0. The minimum Gasteiger partial charge on any atom is -0.493 e. The summed E-state index contributed by atoms with van der Waals surface area (Å²) in [6, 6.07) is 15.6. The molecule has 3 aromatic rings. The summed E-state index contributed by atoms with van der Waals surface area (Å²) in [5.74, 6) is 1.27. The van der Waals surface area contributed by atoms with Crippen LogP contribution in [0.2, 0.25) is 0 Å². The number of hydrogen-bond donors (Lipinski definition) is 1. The second kappa shape index (κ2) is 7.56. The summed E-state index contributed by atoms with van der Waals surface area (Å²) in [6.07, 6.45) is 3.16. The Hall–Kier alpha value is -2.93. The Balaban J connectivity index is 1.87. The second-order valence-electron chi connectivity index (χ2n) is 4.90. The van der Waals surface area contributed by atoms with Crippen LogP contribution in [-0.4, -0.2) is 28.2 Å². The van der Waals surface area contributed by atoms with Crippen molar-refractivity contribution in [2.45, 2.75) is 6.61 Å². The summed E-state index contributed by atoms with van der Waals surface area (Å²) >= 11 is 5.07. The van der Waals surface area contributed by atoms with Gasteiger partial charge in [-0.25, -0.2) is 0 Å². The first-order chi connectivity index (χ1) is 11.8. The van der Waals surface area contributed by atoms with Gasteiger partial charge in [0, 0.05) is 5.56 Å². The number of aromatic amines is 1. The minimum absolute atomic E-state index is 0.418. The van der Waals surface area contributed by atoms with Gasteiger partial charge < -0.3 is 9.47 Å². The van der Waals surface area contributed by atoms with Gasteiger partial charge in [0.1, 0.15) is 12.9 Å². The molecule has 122 valence electrons. The highest BCUT2D eigenvalue weighted by molar-refractivity contribution is 7.71. The average Bonchev–Trinajstić information content (AvgIpc) is 3.04. The van der Waals surface area contributed by atoms with Gasteiger partial charge in [-0.05, 0) is 29.9 Å². The number of benzene rings is 2. The average molecular weight is 340 g/mol. The van der Waals surface area contributed by atoms with Crippen LogP contribution in [0.25, 0.3) is 0 Å². The van der Waals surface area contributed by atoms with Crippen molar-refractivity contribution < 1.29 is 9.47 Å². The highest BCUT2D eigenvalue weighted by Gasteiger charge is 2.09. The topological polar surface area (TPSA) is 64.4 Å². The lowest BCUT2D eigenvalue weighted by Gasteiger charge is -2.13. The Kier molecular flexibility index (Phi) is 5.02. The van der Waals surface area contributed by atoms with Crippen LogP contribution in [-0.2, 0) is 6.61 Å². The van der Waals surface area contributed by atoms with E-state index < -0.39 is 0 Å². The van der Waals surface area contributed by atoms with Gasteiger partial charge in [-0.3, -0.25) is 5.10 Å². The quantitative estimate of drug-likeness (QED) is 0.552. The van der Waals surface area contributed by atoms with E-state index in [9.17, 15) is 0 Å². The van der Waals surface area contributed by atoms with Crippen LogP contribution in [0.4, 0.5) is 0 Å². The Morgan fingerprint density at radius 2 is 2.04 bits per heavy atom. The van der Waals surface area contributed by atoms with Gasteiger partial charge in [-0.15, -0.1) is 0 Å². The molecule has 24 heavy (non-hydrogen) atoms. The third kappa shape index (κ3) is 3.69. The first kappa shape index (κ1) is 15.9. The highest BCUT2D eigenvalue weighted by Crippen LogP contribution is 2.30. The van der Waals surface area contributed by atoms with Gasteiger partial charge in [-0.1, -0.05) is 36.4 Å². The third-order valence-electron chi connectivity index (χ3n) is 3.31. The van der Waals surface area contributed by atoms with E-state index in [1.54, 1.807) is 13.3 Å². The van der Waals surface area contributed by atoms with Gasteiger partial charge in [0.15, 0.2) is 11.5 Å². The summed E-state index contributed by atoms with van der Waals surface area (Å²) in [6.45, 7) is 0.438. The number of para-hydroxylation sites is 1. The van der Waals surface area contributed by atoms with Crippen molar-refractivity contribution in [1.29, 1.82) is 0 Å². The molecule has 7 heteroatoms. The molecule has 0 unspecified atom stereocenters. The Labute approximate surface area is 144 Å². The lowest BCUT2D eigenvalue weighted by atomic mass is 10.2. The van der Waals surface area contributed by atoms with Gasteiger partial charge in [0.25, 0.3) is 0 Å². The van der Waals surface area contributed by atoms with Crippen LogP contribution in [0, 0.1) is 4.77 Å². The largest absolute Gasteiger partial charge is 0.493 e. The van der Waals surface area contributed by atoms with E-state index in [0.717, 1.165) is 11.1 Å². The molecular weight excluding hydrogens is 324 g/mol. The number of methoxy groups -OCH3 is 1. The molecule has 0 bridgehead atoms. The predicted molar refractivity (Wildman–Crippen MR) is 94.2 cm³/mol. The van der Waals surface area contributed by atoms with Crippen LogP contribution < -0.4 is 9.47 Å². The summed E-state index contributed by atoms with van der Waals surface area (Å²) in [4.78, 5) is 0. The summed E-state index contributed by atoms with van der Waals surface area (Å²) in [5.41, 5.74) is 1.86. The molecule has 1 N–H and O–H groups in total. The van der Waals surface area contributed by atoms with Gasteiger partial charge >= 0.3 is 0 Å². The first-order valence-corrected chi connectivity index (χ1v) is 7.69. The number of hydrogen-bond acceptors (Lipinski definition) is 5. The lowest BCUT2D eigenvalue weighted by Crippen LogP contribution is -2.01. The van der Waals surface area contributed by atoms with Gasteiger partial charge in [-0.2, -0.15) is 14.9 Å². The zero-order valence-corrected chi connectivity index (χ0v) is 13.9. The van der Waals surface area contributed by atoms with E-state index in [0.29, 0.717) is 22.9 Å². The van der Waals surface area contributed by atoms with Crippen molar-refractivity contribution in [2.75, 3.05) is 7.11 Å². The smallest absolute Gasteiger partial charge is 0.216 e. The maximum Gasteiger partial charge on any atom is 0.216 e. The van der Waals surface area contributed by atoms with Crippen LogP contribution in [0.5, 0.6) is 11.5 Å². The monoisotopic (exact) mass is 340 g/mol. The fourth-order valence-corrected chi connectivity index (χ4v) is 2.28. The van der Waals surface area contributed by atoms with Crippen molar-refractivity contribution in [1.82, 2.24) is 14.9 Å². The summed E-state index contributed by atoms with van der Waals surface area (Å²) < 4.78 is 13.3. The molecule has 1 heterocycles. The molecular formula is C17H16N4O2S. The molecule has 0 aliphatic heterocycles. The molecule has 0 spiro atoms. The lowest BCUT2D eigenvalue weighted by molar-refractivity contribution is 0.284. The van der Waals surface area contributed by atoms with E-state index in [2.05, 4.69) is 15.3 Å². The highest BCUT2D eigenvalue weighted by atomic mass is 32.1. The van der Waals surface area contributed by atoms with E-state index >= 15 is 0 Å². The maximum absolute atomic E-state index is 5.97. The maximum atomic E-state index is 5.97. The summed E-state index contributed by atoms with van der Waals surface area (Å²) in [7, 11) is 1.61. The van der Waals surface area contributed by atoms with E-state index in [1.807, 2.05) is 48.5 Å². The Bertz CT molecular complexity index is 887. The molecule has 0 radical (unpaired) electrons. The molecule has 0 saturated carbocycles. The van der Waals surface area contributed by atoms with Crippen LogP contribution in [0.1, 0.15) is 11.1 Å². The standard InChI is InChI=1S/C17H16N4O2S/c1-22-15-9-5-8-14(10-19-21-12-18-20-17(21)24)16(15)23-11-13-6-3-2-4-7-13/h2-10,12H,11H2,1H3,(H,20,24)/b19-10-. The third-order valence-corrected chi connectivity index (χ3v) is 3.59. The summed E-state index contributed by atoms with van der Waals surface area (Å²) in [5, 5.41) is 10.8. The van der Waals surface area contributed by atoms with E-state index in [1.165, 1.54) is 11.0 Å². The number of H-pyrrole nitrogens is 1. The Morgan fingerprint density at radius 1 is 1.21 bits per heavy atom. The fraction of sp³-hybridized carbons (Fsp3) is 0.118. The fourth-order valence-electron chi connectivity index (χ4n) is 2.13. The molecule has 2 aromatic carbocycles. The molecule has 0 aliphatic rings. The number of aromatic nitrogens is 3. The minimum atomic E-state index is 0.418. The van der Waals surface area contributed by atoms with Crippen LogP contribution in [0.15, 0.2) is 60.0 Å². The van der Waals surface area contributed by atoms with Crippen molar-refractivity contribution >= 4 is 18.4 Å². The molecule has 0 fully saturated rings. The van der Waals surface area contributed by atoms with Crippen molar-refractivity contribution in [3.63, 3.8) is 0 Å². The SMILES string of the molecule is COc1cccc(/C=N\n2cn[nH]c2=S)c1OCc1ccccc1. The predicted octanol–water partition coefficient (Wildman–Crippen LogP) is 3.41. The number of rotatable bonds is 6. The van der Waals surface area contributed by atoms with Crippen LogP contribution in [0.3, 0.4) is 0 Å². The molecule has 1 aromatic heterocycles. The van der Waals surface area contributed by atoms with Crippen LogP contribution >= 0.6 is 12.2 Å².